The Labute approximate surface area is 125 Å². The molecule has 0 amide bonds. The second-order valence-electron chi connectivity index (χ2n) is 3.79. The van der Waals surface area contributed by atoms with E-state index in [1.54, 1.807) is 18.0 Å². The molecule has 0 saturated heterocycles. The van der Waals surface area contributed by atoms with Crippen LogP contribution in [0.15, 0.2) is 52.1 Å². The lowest BCUT2D eigenvalue weighted by Gasteiger charge is -2.03. The van der Waals surface area contributed by atoms with E-state index >= 15 is 0 Å². The van der Waals surface area contributed by atoms with E-state index in [0.717, 1.165) is 20.8 Å². The Morgan fingerprint density at radius 1 is 1.26 bits per heavy atom. The maximum absolute atomic E-state index is 5.37. The lowest BCUT2D eigenvalue weighted by Crippen LogP contribution is -1.93. The van der Waals surface area contributed by atoms with Crippen molar-refractivity contribution in [1.29, 1.82) is 0 Å². The molecule has 0 saturated carbocycles. The van der Waals surface area contributed by atoms with Gasteiger partial charge in [-0.15, -0.1) is 11.8 Å². The number of aromatic nitrogens is 1. The fourth-order valence-corrected chi connectivity index (χ4v) is 2.94. The number of nitrogens with two attached hydrogens (primary N) is 1. The van der Waals surface area contributed by atoms with E-state index in [4.69, 9.17) is 5.73 Å². The zero-order chi connectivity index (χ0) is 13.5. The van der Waals surface area contributed by atoms with Crippen molar-refractivity contribution in [2.24, 2.45) is 5.73 Å². The molecule has 1 aromatic carbocycles. The quantitative estimate of drug-likeness (QED) is 0.691. The number of thioether (sulfide) groups is 1. The van der Waals surface area contributed by atoms with Crippen LogP contribution in [0.2, 0.25) is 0 Å². The fraction of sp³-hybridized carbons (Fsp3) is 0.133. The van der Waals surface area contributed by atoms with Gasteiger partial charge >= 0.3 is 0 Å². The topological polar surface area (TPSA) is 38.9 Å². The van der Waals surface area contributed by atoms with Crippen molar-refractivity contribution in [1.82, 2.24) is 4.98 Å². The molecule has 96 valence electrons. The molecular formula is C15H13BrN2S. The summed E-state index contributed by atoms with van der Waals surface area (Å²) < 4.78 is 1.03. The number of hydrogen-bond acceptors (Lipinski definition) is 3. The zero-order valence-electron chi connectivity index (χ0n) is 10.3. The van der Waals surface area contributed by atoms with Gasteiger partial charge in [-0.2, -0.15) is 0 Å². The second kappa shape index (κ2) is 7.34. The van der Waals surface area contributed by atoms with Gasteiger partial charge in [0, 0.05) is 22.0 Å². The number of benzene rings is 1. The predicted molar refractivity (Wildman–Crippen MR) is 83.9 cm³/mol. The summed E-state index contributed by atoms with van der Waals surface area (Å²) in [5.74, 6) is 6.78. The van der Waals surface area contributed by atoms with Crippen LogP contribution in [0.3, 0.4) is 0 Å². The summed E-state index contributed by atoms with van der Waals surface area (Å²) in [6, 6.07) is 12.1. The molecule has 0 aliphatic carbocycles. The first-order valence-corrected chi connectivity index (χ1v) is 7.58. The smallest absolute Gasteiger partial charge is 0.110 e. The largest absolute Gasteiger partial charge is 0.320 e. The van der Waals surface area contributed by atoms with Crippen molar-refractivity contribution in [3.63, 3.8) is 0 Å². The highest BCUT2D eigenvalue weighted by Gasteiger charge is 2.02. The molecule has 4 heteroatoms. The van der Waals surface area contributed by atoms with Crippen molar-refractivity contribution in [2.45, 2.75) is 10.8 Å². The van der Waals surface area contributed by atoms with Crippen LogP contribution in [0.25, 0.3) is 0 Å². The molecular weight excluding hydrogens is 320 g/mol. The maximum atomic E-state index is 5.37. The van der Waals surface area contributed by atoms with E-state index in [1.165, 1.54) is 5.56 Å². The van der Waals surface area contributed by atoms with E-state index in [1.807, 2.05) is 24.3 Å². The van der Waals surface area contributed by atoms with Gasteiger partial charge in [-0.05, 0) is 45.8 Å². The van der Waals surface area contributed by atoms with Gasteiger partial charge in [0.15, 0.2) is 0 Å². The van der Waals surface area contributed by atoms with Crippen LogP contribution in [0.4, 0.5) is 0 Å². The average Bonchev–Trinajstić information content (AvgIpc) is 2.45. The number of halogens is 1. The summed E-state index contributed by atoms with van der Waals surface area (Å²) in [6.07, 6.45) is 1.80. The molecule has 1 aromatic heterocycles. The predicted octanol–water partition coefficient (Wildman–Crippen LogP) is 3.45. The van der Waals surface area contributed by atoms with Crippen LogP contribution >= 0.6 is 27.7 Å². The van der Waals surface area contributed by atoms with Crippen molar-refractivity contribution >= 4 is 27.7 Å². The highest BCUT2D eigenvalue weighted by atomic mass is 79.9. The molecule has 2 rings (SSSR count). The van der Waals surface area contributed by atoms with Crippen LogP contribution in [0, 0.1) is 11.8 Å². The van der Waals surface area contributed by atoms with Gasteiger partial charge in [0.05, 0.1) is 6.54 Å². The van der Waals surface area contributed by atoms with Gasteiger partial charge < -0.3 is 5.73 Å². The van der Waals surface area contributed by atoms with Crippen molar-refractivity contribution in [2.75, 3.05) is 6.54 Å². The number of rotatable bonds is 3. The van der Waals surface area contributed by atoms with Crippen LogP contribution < -0.4 is 5.73 Å². The van der Waals surface area contributed by atoms with E-state index in [2.05, 4.69) is 44.9 Å². The Kier molecular flexibility index (Phi) is 5.46. The van der Waals surface area contributed by atoms with E-state index in [0.29, 0.717) is 6.54 Å². The Morgan fingerprint density at radius 3 is 2.95 bits per heavy atom. The first kappa shape index (κ1) is 14.1. The highest BCUT2D eigenvalue weighted by molar-refractivity contribution is 9.10. The second-order valence-corrected chi connectivity index (χ2v) is 5.60. The summed E-state index contributed by atoms with van der Waals surface area (Å²) in [7, 11) is 0. The van der Waals surface area contributed by atoms with Gasteiger partial charge in [0.2, 0.25) is 0 Å². The Hall–Kier alpha value is -1.28. The molecule has 2 aromatic rings. The molecule has 0 radical (unpaired) electrons. The fourth-order valence-electron chi connectivity index (χ4n) is 1.52. The average molecular weight is 333 g/mol. The van der Waals surface area contributed by atoms with Gasteiger partial charge in [-0.3, -0.25) is 0 Å². The molecule has 2 nitrogen and oxygen atoms in total. The first-order chi connectivity index (χ1) is 9.29. The molecule has 0 atom stereocenters. The third-order valence-electron chi connectivity index (χ3n) is 2.36. The molecule has 1 heterocycles. The van der Waals surface area contributed by atoms with Crippen LogP contribution in [-0.2, 0) is 5.75 Å². The molecule has 0 bridgehead atoms. The van der Waals surface area contributed by atoms with E-state index in [9.17, 15) is 0 Å². The lowest BCUT2D eigenvalue weighted by atomic mass is 10.1. The molecule has 19 heavy (non-hydrogen) atoms. The molecule has 0 fully saturated rings. The summed E-state index contributed by atoms with van der Waals surface area (Å²) >= 11 is 5.20. The van der Waals surface area contributed by atoms with Crippen LogP contribution in [-0.4, -0.2) is 11.5 Å². The number of hydrogen-bond donors (Lipinski definition) is 1. The summed E-state index contributed by atoms with van der Waals surface area (Å²) in [5.41, 5.74) is 7.61. The van der Waals surface area contributed by atoms with Crippen molar-refractivity contribution < 1.29 is 0 Å². The standard InChI is InChI=1S/C15H13BrN2S/c16-14-7-3-9-18-15(14)19-11-13-5-1-4-12(10-13)6-2-8-17/h1,3-5,7,9-10H,8,11,17H2. The van der Waals surface area contributed by atoms with Crippen LogP contribution in [0.5, 0.6) is 0 Å². The molecule has 0 aliphatic heterocycles. The van der Waals surface area contributed by atoms with Crippen molar-refractivity contribution in [3.05, 3.63) is 58.2 Å². The minimum absolute atomic E-state index is 0.389. The molecule has 2 N–H and O–H groups in total. The summed E-state index contributed by atoms with van der Waals surface area (Å²) in [4.78, 5) is 4.34. The van der Waals surface area contributed by atoms with E-state index < -0.39 is 0 Å². The summed E-state index contributed by atoms with van der Waals surface area (Å²) in [5, 5.41) is 1.00. The maximum Gasteiger partial charge on any atom is 0.110 e. The monoisotopic (exact) mass is 332 g/mol. The number of nitrogens with zero attached hydrogens (tertiary/aromatic N) is 1. The Balaban J connectivity index is 2.06. The van der Waals surface area contributed by atoms with Gasteiger partial charge in [0.1, 0.15) is 5.03 Å². The summed E-state index contributed by atoms with van der Waals surface area (Å²) in [6.45, 7) is 0.389. The molecule has 0 aliphatic rings. The SMILES string of the molecule is NCC#Cc1cccc(CSc2ncccc2Br)c1. The van der Waals surface area contributed by atoms with Crippen LogP contribution in [0.1, 0.15) is 11.1 Å². The van der Waals surface area contributed by atoms with Gasteiger partial charge in [-0.1, -0.05) is 24.0 Å². The Bertz CT molecular complexity index is 617. The molecule has 0 unspecified atom stereocenters. The number of pyridine rings is 1. The Morgan fingerprint density at radius 2 is 2.16 bits per heavy atom. The van der Waals surface area contributed by atoms with Gasteiger partial charge in [-0.25, -0.2) is 4.98 Å². The minimum Gasteiger partial charge on any atom is -0.320 e. The lowest BCUT2D eigenvalue weighted by molar-refractivity contribution is 1.11. The first-order valence-electron chi connectivity index (χ1n) is 5.81. The van der Waals surface area contributed by atoms with E-state index in [-0.39, 0.29) is 0 Å². The third-order valence-corrected chi connectivity index (χ3v) is 4.34. The third kappa shape index (κ3) is 4.39. The highest BCUT2D eigenvalue weighted by Crippen LogP contribution is 2.27. The normalized spacial score (nSPS) is 9.79. The van der Waals surface area contributed by atoms with Crippen molar-refractivity contribution in [3.8, 4) is 11.8 Å². The zero-order valence-corrected chi connectivity index (χ0v) is 12.7. The minimum atomic E-state index is 0.389. The molecule has 0 spiro atoms. The van der Waals surface area contributed by atoms with Gasteiger partial charge in [0.25, 0.3) is 0 Å².